The lowest BCUT2D eigenvalue weighted by Crippen LogP contribution is -2.45. The van der Waals surface area contributed by atoms with Crippen molar-refractivity contribution in [3.05, 3.63) is 0 Å². The molecule has 0 aromatic carbocycles. The first kappa shape index (κ1) is 13.3. The lowest BCUT2D eigenvalue weighted by molar-refractivity contribution is -0.0743. The van der Waals surface area contributed by atoms with E-state index in [4.69, 9.17) is 10.5 Å². The maximum atomic E-state index is 6.16. The molecule has 0 radical (unpaired) electrons. The van der Waals surface area contributed by atoms with Crippen molar-refractivity contribution >= 4 is 0 Å². The number of nitrogens with two attached hydrogens (primary N) is 1. The van der Waals surface area contributed by atoms with Gasteiger partial charge in [-0.2, -0.15) is 0 Å². The number of ether oxygens (including phenoxy) is 1. The molecule has 2 N–H and O–H groups in total. The van der Waals surface area contributed by atoms with Crippen LogP contribution in [0.3, 0.4) is 0 Å². The predicted octanol–water partition coefficient (Wildman–Crippen LogP) is 2.01. The fourth-order valence-corrected chi connectivity index (χ4v) is 3.09. The van der Waals surface area contributed by atoms with Gasteiger partial charge in [-0.1, -0.05) is 6.92 Å². The summed E-state index contributed by atoms with van der Waals surface area (Å²) >= 11 is 0. The van der Waals surface area contributed by atoms with Gasteiger partial charge in [-0.25, -0.2) is 0 Å². The molecule has 100 valence electrons. The van der Waals surface area contributed by atoms with Crippen molar-refractivity contribution in [2.75, 3.05) is 32.8 Å². The van der Waals surface area contributed by atoms with Crippen molar-refractivity contribution in [1.82, 2.24) is 4.90 Å². The standard InChI is InChI=1S/C14H28N2O/c1-13-4-6-14(12-15,7-5-13)17-11-10-16-8-2-3-9-16/h13H,2-12,15H2,1H3. The summed E-state index contributed by atoms with van der Waals surface area (Å²) in [6.07, 6.45) is 7.59. The molecule has 0 aromatic heterocycles. The van der Waals surface area contributed by atoms with E-state index in [2.05, 4.69) is 11.8 Å². The van der Waals surface area contributed by atoms with Crippen LogP contribution in [0.4, 0.5) is 0 Å². The molecule has 0 atom stereocenters. The van der Waals surface area contributed by atoms with E-state index in [0.29, 0.717) is 6.54 Å². The third-order valence-electron chi connectivity index (χ3n) is 4.57. The van der Waals surface area contributed by atoms with Gasteiger partial charge in [0.05, 0.1) is 12.2 Å². The highest BCUT2D eigenvalue weighted by molar-refractivity contribution is 4.87. The van der Waals surface area contributed by atoms with E-state index >= 15 is 0 Å². The van der Waals surface area contributed by atoms with Crippen molar-refractivity contribution in [2.24, 2.45) is 11.7 Å². The van der Waals surface area contributed by atoms with Gasteiger partial charge in [-0.3, -0.25) is 0 Å². The lowest BCUT2D eigenvalue weighted by Gasteiger charge is -2.38. The van der Waals surface area contributed by atoms with E-state index in [0.717, 1.165) is 31.9 Å². The Bertz CT molecular complexity index is 218. The average molecular weight is 240 g/mol. The highest BCUT2D eigenvalue weighted by Gasteiger charge is 2.33. The molecule has 17 heavy (non-hydrogen) atoms. The summed E-state index contributed by atoms with van der Waals surface area (Å²) in [5.41, 5.74) is 5.95. The highest BCUT2D eigenvalue weighted by atomic mass is 16.5. The quantitative estimate of drug-likeness (QED) is 0.799. The molecule has 0 spiro atoms. The molecule has 1 saturated carbocycles. The van der Waals surface area contributed by atoms with Gasteiger partial charge in [0.25, 0.3) is 0 Å². The molecule has 0 unspecified atom stereocenters. The van der Waals surface area contributed by atoms with Crippen LogP contribution in [0.2, 0.25) is 0 Å². The minimum atomic E-state index is 0.00618. The minimum Gasteiger partial charge on any atom is -0.372 e. The third-order valence-corrected chi connectivity index (χ3v) is 4.57. The van der Waals surface area contributed by atoms with E-state index in [1.165, 1.54) is 38.8 Å². The van der Waals surface area contributed by atoms with Crippen LogP contribution in [0.25, 0.3) is 0 Å². The predicted molar refractivity (Wildman–Crippen MR) is 71.0 cm³/mol. The van der Waals surface area contributed by atoms with Crippen molar-refractivity contribution in [3.63, 3.8) is 0 Å². The summed E-state index contributed by atoms with van der Waals surface area (Å²) in [7, 11) is 0. The first-order valence-corrected chi connectivity index (χ1v) is 7.30. The number of nitrogens with zero attached hydrogens (tertiary/aromatic N) is 1. The molecule has 2 fully saturated rings. The van der Waals surface area contributed by atoms with E-state index in [1.54, 1.807) is 0 Å². The average Bonchev–Trinajstić information content (AvgIpc) is 2.85. The Morgan fingerprint density at radius 2 is 1.88 bits per heavy atom. The Morgan fingerprint density at radius 1 is 1.24 bits per heavy atom. The van der Waals surface area contributed by atoms with Crippen LogP contribution in [-0.2, 0) is 4.74 Å². The van der Waals surface area contributed by atoms with Crippen LogP contribution >= 0.6 is 0 Å². The Balaban J connectivity index is 1.71. The van der Waals surface area contributed by atoms with Crippen LogP contribution in [-0.4, -0.2) is 43.3 Å². The molecule has 1 saturated heterocycles. The van der Waals surface area contributed by atoms with E-state index in [-0.39, 0.29) is 5.60 Å². The second-order valence-electron chi connectivity index (χ2n) is 5.97. The zero-order valence-electron chi connectivity index (χ0n) is 11.3. The Labute approximate surface area is 106 Å². The summed E-state index contributed by atoms with van der Waals surface area (Å²) in [6.45, 7) is 7.51. The van der Waals surface area contributed by atoms with E-state index in [1.807, 2.05) is 0 Å². The largest absolute Gasteiger partial charge is 0.372 e. The monoisotopic (exact) mass is 240 g/mol. The van der Waals surface area contributed by atoms with Crippen molar-refractivity contribution in [3.8, 4) is 0 Å². The summed E-state index contributed by atoms with van der Waals surface area (Å²) in [5.74, 6) is 0.858. The van der Waals surface area contributed by atoms with Crippen molar-refractivity contribution in [1.29, 1.82) is 0 Å². The van der Waals surface area contributed by atoms with Crippen molar-refractivity contribution in [2.45, 2.75) is 51.0 Å². The molecule has 0 bridgehead atoms. The van der Waals surface area contributed by atoms with Crippen LogP contribution in [0.5, 0.6) is 0 Å². The molecular formula is C14H28N2O. The van der Waals surface area contributed by atoms with Gasteiger partial charge in [0.15, 0.2) is 0 Å². The van der Waals surface area contributed by atoms with Gasteiger partial charge in [0.2, 0.25) is 0 Å². The summed E-state index contributed by atoms with van der Waals surface area (Å²) < 4.78 is 6.16. The normalized spacial score (nSPS) is 35.3. The van der Waals surface area contributed by atoms with Gasteiger partial charge < -0.3 is 15.4 Å². The number of rotatable bonds is 5. The third kappa shape index (κ3) is 3.67. The number of likely N-dealkylation sites (tertiary alicyclic amines) is 1. The number of hydrogen-bond acceptors (Lipinski definition) is 3. The smallest absolute Gasteiger partial charge is 0.0805 e. The van der Waals surface area contributed by atoms with Gasteiger partial charge >= 0.3 is 0 Å². The molecule has 2 rings (SSSR count). The molecule has 3 heteroatoms. The van der Waals surface area contributed by atoms with E-state index < -0.39 is 0 Å². The Morgan fingerprint density at radius 3 is 2.47 bits per heavy atom. The van der Waals surface area contributed by atoms with E-state index in [9.17, 15) is 0 Å². The van der Waals surface area contributed by atoms with Crippen LogP contribution in [0, 0.1) is 5.92 Å². The second-order valence-corrected chi connectivity index (χ2v) is 5.97. The Kier molecular flexibility index (Phi) is 4.83. The SMILES string of the molecule is CC1CCC(CN)(OCCN2CCCC2)CC1. The minimum absolute atomic E-state index is 0.00618. The molecule has 1 aliphatic carbocycles. The highest BCUT2D eigenvalue weighted by Crippen LogP contribution is 2.33. The fraction of sp³-hybridized carbons (Fsp3) is 1.00. The first-order chi connectivity index (χ1) is 8.24. The van der Waals surface area contributed by atoms with Crippen LogP contribution in [0.15, 0.2) is 0 Å². The maximum Gasteiger partial charge on any atom is 0.0805 e. The van der Waals surface area contributed by atoms with Gasteiger partial charge in [0, 0.05) is 13.1 Å². The molecule has 2 aliphatic rings. The molecule has 3 nitrogen and oxygen atoms in total. The maximum absolute atomic E-state index is 6.16. The molecule has 0 aromatic rings. The summed E-state index contributed by atoms with van der Waals surface area (Å²) in [5, 5.41) is 0. The van der Waals surface area contributed by atoms with Crippen LogP contribution < -0.4 is 5.73 Å². The molecule has 1 heterocycles. The van der Waals surface area contributed by atoms with Gasteiger partial charge in [-0.05, 0) is 57.5 Å². The topological polar surface area (TPSA) is 38.5 Å². The zero-order valence-corrected chi connectivity index (χ0v) is 11.3. The lowest BCUT2D eigenvalue weighted by atomic mass is 9.79. The van der Waals surface area contributed by atoms with Crippen molar-refractivity contribution < 1.29 is 4.74 Å². The first-order valence-electron chi connectivity index (χ1n) is 7.30. The number of hydrogen-bond donors (Lipinski definition) is 1. The summed E-state index contributed by atoms with van der Waals surface area (Å²) in [6, 6.07) is 0. The molecule has 1 aliphatic heterocycles. The zero-order chi connectivity index (χ0) is 12.1. The molecule has 0 amide bonds. The second kappa shape index (κ2) is 6.17. The fourth-order valence-electron chi connectivity index (χ4n) is 3.09. The van der Waals surface area contributed by atoms with Crippen LogP contribution in [0.1, 0.15) is 45.4 Å². The van der Waals surface area contributed by atoms with Gasteiger partial charge in [-0.15, -0.1) is 0 Å². The Hall–Kier alpha value is -0.120. The van der Waals surface area contributed by atoms with Gasteiger partial charge in [0.1, 0.15) is 0 Å². The molecular weight excluding hydrogens is 212 g/mol. The summed E-state index contributed by atoms with van der Waals surface area (Å²) in [4.78, 5) is 2.51.